The number of para-hydroxylation sites is 1. The molecule has 0 saturated carbocycles. The Morgan fingerprint density at radius 3 is 2.40 bits per heavy atom. The summed E-state index contributed by atoms with van der Waals surface area (Å²) in [6.07, 6.45) is 0. The van der Waals surface area contributed by atoms with Gasteiger partial charge in [0.1, 0.15) is 23.9 Å². The van der Waals surface area contributed by atoms with Crippen molar-refractivity contribution in [1.82, 2.24) is 5.32 Å². The van der Waals surface area contributed by atoms with Gasteiger partial charge in [0.05, 0.1) is 26.5 Å². The first kappa shape index (κ1) is 18.4. The Hall–Kier alpha value is -2.89. The van der Waals surface area contributed by atoms with Gasteiger partial charge in [-0.1, -0.05) is 18.2 Å². The van der Waals surface area contributed by atoms with Gasteiger partial charge in [-0.2, -0.15) is 0 Å². The standard InChI is InChI=1S/C19H24N2O4/c1-13-6-5-7-14(2)18(13)25-11-10-20-19(22)21-16-12-15(23-3)8-9-17(16)24-4/h5-9,12H,10-11H2,1-4H3,(H2,20,21,22). The Kier molecular flexibility index (Phi) is 6.51. The molecule has 0 atom stereocenters. The molecule has 6 nitrogen and oxygen atoms in total. The van der Waals surface area contributed by atoms with Crippen LogP contribution in [0.5, 0.6) is 17.2 Å². The van der Waals surface area contributed by atoms with E-state index in [1.165, 1.54) is 0 Å². The van der Waals surface area contributed by atoms with E-state index < -0.39 is 0 Å². The van der Waals surface area contributed by atoms with Crippen molar-refractivity contribution in [3.05, 3.63) is 47.5 Å². The molecule has 2 rings (SSSR count). The van der Waals surface area contributed by atoms with Crippen LogP contribution in [0.2, 0.25) is 0 Å². The van der Waals surface area contributed by atoms with Crippen LogP contribution in [0, 0.1) is 13.8 Å². The number of ether oxygens (including phenoxy) is 3. The third kappa shape index (κ3) is 5.04. The second-order valence-electron chi connectivity index (χ2n) is 5.52. The first-order valence-electron chi connectivity index (χ1n) is 8.01. The average molecular weight is 344 g/mol. The van der Waals surface area contributed by atoms with Crippen molar-refractivity contribution in [2.24, 2.45) is 0 Å². The fraction of sp³-hybridized carbons (Fsp3) is 0.316. The highest BCUT2D eigenvalue weighted by molar-refractivity contribution is 5.91. The van der Waals surface area contributed by atoms with Crippen LogP contribution in [0.1, 0.15) is 11.1 Å². The second-order valence-corrected chi connectivity index (χ2v) is 5.52. The van der Waals surface area contributed by atoms with E-state index in [4.69, 9.17) is 14.2 Å². The number of rotatable bonds is 7. The number of hydrogen-bond donors (Lipinski definition) is 2. The smallest absolute Gasteiger partial charge is 0.319 e. The van der Waals surface area contributed by atoms with Crippen LogP contribution in [0.3, 0.4) is 0 Å². The molecule has 2 amide bonds. The zero-order chi connectivity index (χ0) is 18.2. The molecule has 134 valence electrons. The SMILES string of the molecule is COc1ccc(OC)c(NC(=O)NCCOc2c(C)cccc2C)c1. The third-order valence-electron chi connectivity index (χ3n) is 3.70. The van der Waals surface area contributed by atoms with Gasteiger partial charge in [0, 0.05) is 6.07 Å². The third-order valence-corrected chi connectivity index (χ3v) is 3.70. The Labute approximate surface area is 148 Å². The summed E-state index contributed by atoms with van der Waals surface area (Å²) >= 11 is 0. The first-order valence-corrected chi connectivity index (χ1v) is 8.01. The van der Waals surface area contributed by atoms with Gasteiger partial charge in [0.25, 0.3) is 0 Å². The van der Waals surface area contributed by atoms with Crippen molar-refractivity contribution in [3.63, 3.8) is 0 Å². The molecule has 0 aliphatic carbocycles. The summed E-state index contributed by atoms with van der Waals surface area (Å²) in [4.78, 5) is 12.1. The van der Waals surface area contributed by atoms with Crippen LogP contribution in [0.4, 0.5) is 10.5 Å². The molecule has 2 aromatic rings. The number of nitrogens with one attached hydrogen (secondary N) is 2. The van der Waals surface area contributed by atoms with Gasteiger partial charge in [-0.25, -0.2) is 4.79 Å². The lowest BCUT2D eigenvalue weighted by molar-refractivity contribution is 0.247. The van der Waals surface area contributed by atoms with E-state index in [0.29, 0.717) is 30.3 Å². The molecule has 0 fully saturated rings. The molecular formula is C19H24N2O4. The van der Waals surface area contributed by atoms with E-state index in [2.05, 4.69) is 10.6 Å². The van der Waals surface area contributed by atoms with Crippen molar-refractivity contribution in [1.29, 1.82) is 0 Å². The zero-order valence-electron chi connectivity index (χ0n) is 15.0. The van der Waals surface area contributed by atoms with E-state index in [1.54, 1.807) is 32.4 Å². The maximum absolute atomic E-state index is 12.1. The van der Waals surface area contributed by atoms with Crippen molar-refractivity contribution < 1.29 is 19.0 Å². The summed E-state index contributed by atoms with van der Waals surface area (Å²) in [5.41, 5.74) is 2.69. The van der Waals surface area contributed by atoms with E-state index >= 15 is 0 Å². The second kappa shape index (κ2) is 8.82. The molecule has 0 heterocycles. The summed E-state index contributed by atoms with van der Waals surface area (Å²) in [6.45, 7) is 4.76. The fourth-order valence-electron chi connectivity index (χ4n) is 2.42. The molecule has 0 saturated heterocycles. The molecule has 0 aliphatic heterocycles. The van der Waals surface area contributed by atoms with Crippen molar-refractivity contribution in [2.75, 3.05) is 32.7 Å². The number of carbonyl (C=O) groups is 1. The average Bonchev–Trinajstić information content (AvgIpc) is 2.60. The van der Waals surface area contributed by atoms with Gasteiger partial charge in [-0.3, -0.25) is 0 Å². The molecule has 2 aromatic carbocycles. The first-order chi connectivity index (χ1) is 12.0. The van der Waals surface area contributed by atoms with Crippen LogP contribution in [0.15, 0.2) is 36.4 Å². The Bertz CT molecular complexity index is 711. The van der Waals surface area contributed by atoms with Gasteiger partial charge >= 0.3 is 6.03 Å². The molecule has 0 aromatic heterocycles. The van der Waals surface area contributed by atoms with Gasteiger partial charge in [-0.15, -0.1) is 0 Å². The van der Waals surface area contributed by atoms with E-state index in [9.17, 15) is 4.79 Å². The van der Waals surface area contributed by atoms with E-state index in [-0.39, 0.29) is 6.03 Å². The largest absolute Gasteiger partial charge is 0.497 e. The highest BCUT2D eigenvalue weighted by Gasteiger charge is 2.09. The highest BCUT2D eigenvalue weighted by Crippen LogP contribution is 2.28. The van der Waals surface area contributed by atoms with Crippen LogP contribution < -0.4 is 24.8 Å². The molecule has 0 aliphatic rings. The van der Waals surface area contributed by atoms with Crippen LogP contribution in [0.25, 0.3) is 0 Å². The molecule has 0 spiro atoms. The maximum atomic E-state index is 12.1. The number of aryl methyl sites for hydroxylation is 2. The molecular weight excluding hydrogens is 320 g/mol. The Morgan fingerprint density at radius 2 is 1.76 bits per heavy atom. The minimum absolute atomic E-state index is 0.336. The van der Waals surface area contributed by atoms with Crippen LogP contribution in [-0.2, 0) is 0 Å². The lowest BCUT2D eigenvalue weighted by Crippen LogP contribution is -2.32. The lowest BCUT2D eigenvalue weighted by atomic mass is 10.1. The van der Waals surface area contributed by atoms with Gasteiger partial charge in [0.15, 0.2) is 0 Å². The monoisotopic (exact) mass is 344 g/mol. The van der Waals surface area contributed by atoms with Crippen molar-refractivity contribution in [2.45, 2.75) is 13.8 Å². The summed E-state index contributed by atoms with van der Waals surface area (Å²) in [7, 11) is 3.11. The van der Waals surface area contributed by atoms with Gasteiger partial charge in [-0.05, 0) is 37.1 Å². The minimum Gasteiger partial charge on any atom is -0.497 e. The predicted molar refractivity (Wildman–Crippen MR) is 98.0 cm³/mol. The number of anilines is 1. The number of amides is 2. The lowest BCUT2D eigenvalue weighted by Gasteiger charge is -2.14. The normalized spacial score (nSPS) is 10.1. The predicted octanol–water partition coefficient (Wildman–Crippen LogP) is 3.52. The zero-order valence-corrected chi connectivity index (χ0v) is 15.0. The number of methoxy groups -OCH3 is 2. The van der Waals surface area contributed by atoms with E-state index in [0.717, 1.165) is 16.9 Å². The number of urea groups is 1. The Balaban J connectivity index is 1.85. The van der Waals surface area contributed by atoms with Crippen LogP contribution >= 0.6 is 0 Å². The quantitative estimate of drug-likeness (QED) is 0.754. The maximum Gasteiger partial charge on any atom is 0.319 e. The molecule has 25 heavy (non-hydrogen) atoms. The molecule has 6 heteroatoms. The topological polar surface area (TPSA) is 68.8 Å². The minimum atomic E-state index is -0.336. The molecule has 0 unspecified atom stereocenters. The highest BCUT2D eigenvalue weighted by atomic mass is 16.5. The number of benzene rings is 2. The summed E-state index contributed by atoms with van der Waals surface area (Å²) in [5.74, 6) is 2.05. The fourth-order valence-corrected chi connectivity index (χ4v) is 2.42. The van der Waals surface area contributed by atoms with E-state index in [1.807, 2.05) is 32.0 Å². The summed E-state index contributed by atoms with van der Waals surface area (Å²) < 4.78 is 16.2. The van der Waals surface area contributed by atoms with Crippen molar-refractivity contribution >= 4 is 11.7 Å². The molecule has 2 N–H and O–H groups in total. The van der Waals surface area contributed by atoms with Gasteiger partial charge < -0.3 is 24.8 Å². The van der Waals surface area contributed by atoms with Crippen LogP contribution in [-0.4, -0.2) is 33.4 Å². The van der Waals surface area contributed by atoms with Crippen molar-refractivity contribution in [3.8, 4) is 17.2 Å². The number of hydrogen-bond acceptors (Lipinski definition) is 4. The Morgan fingerprint density at radius 1 is 1.04 bits per heavy atom. The van der Waals surface area contributed by atoms with Gasteiger partial charge in [0.2, 0.25) is 0 Å². The summed E-state index contributed by atoms with van der Waals surface area (Å²) in [6, 6.07) is 10.8. The molecule has 0 radical (unpaired) electrons. The summed E-state index contributed by atoms with van der Waals surface area (Å²) in [5, 5.41) is 5.50. The number of carbonyl (C=O) groups excluding carboxylic acids is 1. The molecule has 0 bridgehead atoms.